The molecule has 0 radical (unpaired) electrons. The molecule has 0 spiro atoms. The predicted molar refractivity (Wildman–Crippen MR) is 152 cm³/mol. The van der Waals surface area contributed by atoms with E-state index >= 15 is 13.2 Å². The van der Waals surface area contributed by atoms with Crippen LogP contribution in [0.4, 0.5) is 13.2 Å². The van der Waals surface area contributed by atoms with Crippen molar-refractivity contribution in [1.82, 2.24) is 0 Å². The topological polar surface area (TPSA) is 55.8 Å². The third-order valence-corrected chi connectivity index (χ3v) is 9.68. The second kappa shape index (κ2) is 10.7. The summed E-state index contributed by atoms with van der Waals surface area (Å²) in [7, 11) is 1.55. The van der Waals surface area contributed by atoms with E-state index in [-0.39, 0.29) is 47.1 Å². The van der Waals surface area contributed by atoms with Crippen LogP contribution >= 0.6 is 0 Å². The lowest BCUT2D eigenvalue weighted by Crippen LogP contribution is -2.34. The maximum atomic E-state index is 15.9. The summed E-state index contributed by atoms with van der Waals surface area (Å²) in [6, 6.07) is 11.4. The summed E-state index contributed by atoms with van der Waals surface area (Å²) in [5, 5.41) is 9.64. The highest BCUT2D eigenvalue weighted by Gasteiger charge is 2.46. The first-order valence-corrected chi connectivity index (χ1v) is 14.2. The molecule has 2 aliphatic rings. The lowest BCUT2D eigenvalue weighted by Gasteiger charge is -2.30. The van der Waals surface area contributed by atoms with Crippen molar-refractivity contribution in [2.45, 2.75) is 77.7 Å². The van der Waals surface area contributed by atoms with E-state index in [1.807, 2.05) is 18.2 Å². The fraction of sp³-hybridized carbons (Fsp3) is 0.441. The molecule has 0 bridgehead atoms. The van der Waals surface area contributed by atoms with Gasteiger partial charge in [0.05, 0.1) is 13.0 Å². The molecule has 0 heterocycles. The zero-order valence-electron chi connectivity index (χ0n) is 24.2. The van der Waals surface area contributed by atoms with E-state index in [9.17, 15) is 9.90 Å². The first kappa shape index (κ1) is 29.0. The Balaban J connectivity index is 1.52. The largest absolute Gasteiger partial charge is 0.497 e. The van der Waals surface area contributed by atoms with Crippen LogP contribution in [-0.4, -0.2) is 18.2 Å². The molecule has 2 aliphatic carbocycles. The minimum absolute atomic E-state index is 0.00405. The fourth-order valence-corrected chi connectivity index (χ4v) is 6.94. The number of methoxy groups -OCH3 is 1. The van der Waals surface area contributed by atoms with E-state index in [0.717, 1.165) is 42.0 Å². The van der Waals surface area contributed by atoms with Gasteiger partial charge in [0.25, 0.3) is 0 Å². The van der Waals surface area contributed by atoms with Crippen molar-refractivity contribution < 1.29 is 32.5 Å². The molecular formula is C34H37F3O4. The number of hydrogen-bond donors (Lipinski definition) is 1. The second-order valence-corrected chi connectivity index (χ2v) is 12.5. The summed E-state index contributed by atoms with van der Waals surface area (Å²) in [5.41, 5.74) is 2.24. The Kier molecular flexibility index (Phi) is 7.60. The van der Waals surface area contributed by atoms with Crippen molar-refractivity contribution in [2.24, 2.45) is 11.3 Å². The van der Waals surface area contributed by atoms with Crippen molar-refractivity contribution in [3.8, 4) is 22.6 Å². The summed E-state index contributed by atoms with van der Waals surface area (Å²) in [6.07, 6.45) is 3.68. The Morgan fingerprint density at radius 1 is 1.02 bits per heavy atom. The van der Waals surface area contributed by atoms with Crippen LogP contribution in [0.3, 0.4) is 0 Å². The van der Waals surface area contributed by atoms with Gasteiger partial charge in [-0.15, -0.1) is 0 Å². The van der Waals surface area contributed by atoms with E-state index in [1.165, 1.54) is 13.0 Å². The van der Waals surface area contributed by atoms with Gasteiger partial charge >= 0.3 is 5.97 Å². The number of fused-ring (bicyclic) bond motifs is 1. The molecule has 1 N–H and O–H groups in total. The van der Waals surface area contributed by atoms with Crippen molar-refractivity contribution >= 4 is 5.97 Å². The number of carbonyl (C=O) groups is 1. The second-order valence-electron chi connectivity index (χ2n) is 12.5. The average molecular weight is 567 g/mol. The summed E-state index contributed by atoms with van der Waals surface area (Å²) in [4.78, 5) is 11.8. The molecule has 218 valence electrons. The number of rotatable bonds is 8. The van der Waals surface area contributed by atoms with E-state index < -0.39 is 28.9 Å². The molecule has 0 saturated heterocycles. The zero-order valence-corrected chi connectivity index (χ0v) is 24.2. The molecule has 0 amide bonds. The SMILES string of the molecule is COc1ccc(F)c(-c2ccc(COc3cc(F)c4c(c3F)[C@@](C)([C@H](C)C(=O)O)CC4)cc2[C@@H]2CCCC2(C)C)c1. The first-order chi connectivity index (χ1) is 19.4. The van der Waals surface area contributed by atoms with Gasteiger partial charge in [0.1, 0.15) is 24.0 Å². The summed E-state index contributed by atoms with van der Waals surface area (Å²) < 4.78 is 57.3. The van der Waals surface area contributed by atoms with E-state index in [2.05, 4.69) is 13.8 Å². The molecule has 3 aromatic carbocycles. The summed E-state index contributed by atoms with van der Waals surface area (Å²) in [6.45, 7) is 7.62. The normalized spacial score (nSPS) is 21.9. The Labute approximate surface area is 239 Å². The van der Waals surface area contributed by atoms with Gasteiger partial charge < -0.3 is 14.6 Å². The molecule has 3 aromatic rings. The van der Waals surface area contributed by atoms with Crippen LogP contribution < -0.4 is 9.47 Å². The van der Waals surface area contributed by atoms with Gasteiger partial charge in [0.15, 0.2) is 11.6 Å². The van der Waals surface area contributed by atoms with Gasteiger partial charge in [-0.2, -0.15) is 0 Å². The minimum atomic E-state index is -1.05. The first-order valence-electron chi connectivity index (χ1n) is 14.2. The molecular weight excluding hydrogens is 529 g/mol. The molecule has 1 saturated carbocycles. The smallest absolute Gasteiger partial charge is 0.307 e. The average Bonchev–Trinajstić information content (AvgIpc) is 3.49. The molecule has 0 aliphatic heterocycles. The molecule has 7 heteroatoms. The molecule has 4 nitrogen and oxygen atoms in total. The van der Waals surface area contributed by atoms with Crippen molar-refractivity contribution in [3.05, 3.63) is 82.2 Å². The van der Waals surface area contributed by atoms with Gasteiger partial charge in [0.2, 0.25) is 0 Å². The Bertz CT molecular complexity index is 1500. The quantitative estimate of drug-likeness (QED) is 0.297. The van der Waals surface area contributed by atoms with E-state index in [4.69, 9.17) is 9.47 Å². The maximum Gasteiger partial charge on any atom is 0.307 e. The summed E-state index contributed by atoms with van der Waals surface area (Å²) in [5.74, 6) is -3.09. The number of benzene rings is 3. The van der Waals surface area contributed by atoms with Crippen molar-refractivity contribution in [3.63, 3.8) is 0 Å². The number of carboxylic acids is 1. The molecule has 5 rings (SSSR count). The van der Waals surface area contributed by atoms with Crippen molar-refractivity contribution in [1.29, 1.82) is 0 Å². The van der Waals surface area contributed by atoms with Gasteiger partial charge in [-0.3, -0.25) is 4.79 Å². The van der Waals surface area contributed by atoms with Crippen LogP contribution in [-0.2, 0) is 23.2 Å². The Morgan fingerprint density at radius 3 is 2.44 bits per heavy atom. The van der Waals surface area contributed by atoms with E-state index in [1.54, 1.807) is 26.2 Å². The molecule has 0 aromatic heterocycles. The number of carboxylic acid groups (broad SMARTS) is 1. The van der Waals surface area contributed by atoms with Crippen molar-refractivity contribution in [2.75, 3.05) is 7.11 Å². The molecule has 41 heavy (non-hydrogen) atoms. The van der Waals surface area contributed by atoms with Gasteiger partial charge in [-0.25, -0.2) is 13.2 Å². The highest BCUT2D eigenvalue weighted by atomic mass is 19.1. The van der Waals surface area contributed by atoms with E-state index in [0.29, 0.717) is 17.7 Å². The third kappa shape index (κ3) is 5.08. The Hall–Kier alpha value is -3.48. The van der Waals surface area contributed by atoms with Crippen LogP contribution in [0, 0.1) is 28.8 Å². The summed E-state index contributed by atoms with van der Waals surface area (Å²) >= 11 is 0. The number of aliphatic carboxylic acids is 1. The highest BCUT2D eigenvalue weighted by molar-refractivity contribution is 5.73. The van der Waals surface area contributed by atoms with Gasteiger partial charge in [-0.05, 0) is 77.5 Å². The maximum absolute atomic E-state index is 15.9. The molecule has 0 unspecified atom stereocenters. The lowest BCUT2D eigenvalue weighted by molar-refractivity contribution is -0.143. The van der Waals surface area contributed by atoms with Crippen LogP contribution in [0.15, 0.2) is 42.5 Å². The zero-order chi connectivity index (χ0) is 29.7. The highest BCUT2D eigenvalue weighted by Crippen LogP contribution is 2.52. The van der Waals surface area contributed by atoms with Crippen LogP contribution in [0.25, 0.3) is 11.1 Å². The third-order valence-electron chi connectivity index (χ3n) is 9.68. The minimum Gasteiger partial charge on any atom is -0.497 e. The van der Waals surface area contributed by atoms with Gasteiger partial charge in [0, 0.05) is 22.6 Å². The lowest BCUT2D eigenvalue weighted by atomic mass is 9.73. The number of hydrogen-bond acceptors (Lipinski definition) is 3. The fourth-order valence-electron chi connectivity index (χ4n) is 6.94. The molecule has 1 fully saturated rings. The standard InChI is InChI=1S/C34H37F3O4/c1-19(32(38)39)34(4)14-12-23-28(36)17-29(31(37)30(23)34)41-18-20-8-10-22(25-16-21(40-5)9-11-27(25)35)24(15-20)26-7-6-13-33(26,2)3/h8-11,15-17,19,26H,6-7,12-14,18H2,1-5H3,(H,38,39)/t19-,26+,34-/m1/s1. The predicted octanol–water partition coefficient (Wildman–Crippen LogP) is 8.58. The van der Waals surface area contributed by atoms with Crippen LogP contribution in [0.5, 0.6) is 11.5 Å². The molecule has 3 atom stereocenters. The monoisotopic (exact) mass is 566 g/mol. The van der Waals surface area contributed by atoms with Crippen LogP contribution in [0.2, 0.25) is 0 Å². The van der Waals surface area contributed by atoms with Crippen LogP contribution in [0.1, 0.15) is 81.5 Å². The van der Waals surface area contributed by atoms with Gasteiger partial charge in [-0.1, -0.05) is 52.3 Å². The Morgan fingerprint density at radius 2 is 1.78 bits per heavy atom. The number of halogens is 3. The number of ether oxygens (including phenoxy) is 2.